The molecule has 1 rings (SSSR count). The maximum absolute atomic E-state index is 13.6. The zero-order valence-electron chi connectivity index (χ0n) is 13.6. The highest BCUT2D eigenvalue weighted by Crippen LogP contribution is 2.08. The van der Waals surface area contributed by atoms with E-state index in [1.807, 2.05) is 13.8 Å². The first-order chi connectivity index (χ1) is 10.4. The van der Waals surface area contributed by atoms with E-state index in [0.29, 0.717) is 25.1 Å². The summed E-state index contributed by atoms with van der Waals surface area (Å²) in [5.74, 6) is -0.431. The van der Waals surface area contributed by atoms with Crippen LogP contribution >= 0.6 is 0 Å². The molecule has 0 aliphatic heterocycles. The quantitative estimate of drug-likeness (QED) is 0.802. The molecule has 0 saturated carbocycles. The van der Waals surface area contributed by atoms with Gasteiger partial charge in [-0.25, -0.2) is 4.39 Å². The Morgan fingerprint density at radius 1 is 1.27 bits per heavy atom. The van der Waals surface area contributed by atoms with Crippen LogP contribution in [-0.2, 0) is 16.0 Å². The Kier molecular flexibility index (Phi) is 7.57. The molecule has 0 aromatic heterocycles. The van der Waals surface area contributed by atoms with E-state index in [0.717, 1.165) is 6.42 Å². The minimum atomic E-state index is -0.263. The lowest BCUT2D eigenvalue weighted by molar-refractivity contribution is -0.129. The van der Waals surface area contributed by atoms with Crippen molar-refractivity contribution in [2.75, 3.05) is 13.1 Å². The fraction of sp³-hybridized carbons (Fsp3) is 0.529. The average Bonchev–Trinajstić information content (AvgIpc) is 2.48. The van der Waals surface area contributed by atoms with Gasteiger partial charge in [0.05, 0.1) is 0 Å². The normalized spacial score (nSPS) is 11.8. The molecule has 1 unspecified atom stereocenters. The molecular formula is C17H25FN2O2. The molecule has 0 radical (unpaired) electrons. The minimum Gasteiger partial charge on any atom is -0.354 e. The molecule has 5 heteroatoms. The molecule has 1 aromatic rings. The van der Waals surface area contributed by atoms with Crippen LogP contribution in [0.25, 0.3) is 0 Å². The van der Waals surface area contributed by atoms with Crippen LogP contribution < -0.4 is 5.32 Å². The Balaban J connectivity index is 2.47. The van der Waals surface area contributed by atoms with Crippen molar-refractivity contribution in [3.05, 3.63) is 35.6 Å². The van der Waals surface area contributed by atoms with Crippen LogP contribution in [0.15, 0.2) is 24.3 Å². The topological polar surface area (TPSA) is 49.4 Å². The lowest BCUT2D eigenvalue weighted by atomic mass is 10.1. The summed E-state index contributed by atoms with van der Waals surface area (Å²) in [5.41, 5.74) is 0.581. The predicted octanol–water partition coefficient (Wildman–Crippen LogP) is 2.52. The summed E-state index contributed by atoms with van der Waals surface area (Å²) < 4.78 is 13.6. The fourth-order valence-electron chi connectivity index (χ4n) is 2.07. The highest BCUT2D eigenvalue weighted by atomic mass is 19.1. The van der Waals surface area contributed by atoms with Gasteiger partial charge >= 0.3 is 0 Å². The number of benzene rings is 1. The number of halogens is 1. The highest BCUT2D eigenvalue weighted by Gasteiger charge is 2.13. The maximum Gasteiger partial charge on any atom is 0.221 e. The van der Waals surface area contributed by atoms with Crippen LogP contribution in [0.2, 0.25) is 0 Å². The number of hydrogen-bond acceptors (Lipinski definition) is 2. The lowest BCUT2D eigenvalue weighted by Crippen LogP contribution is -2.37. The molecule has 0 bridgehead atoms. The van der Waals surface area contributed by atoms with E-state index in [1.54, 1.807) is 23.1 Å². The molecule has 22 heavy (non-hydrogen) atoms. The third-order valence-corrected chi connectivity index (χ3v) is 3.68. The molecule has 1 N–H and O–H groups in total. The van der Waals surface area contributed by atoms with Crippen LogP contribution in [0.3, 0.4) is 0 Å². The van der Waals surface area contributed by atoms with E-state index in [2.05, 4.69) is 5.32 Å². The van der Waals surface area contributed by atoms with Gasteiger partial charge in [-0.05, 0) is 31.4 Å². The lowest BCUT2D eigenvalue weighted by Gasteiger charge is -2.21. The standard InChI is InChI=1S/C17H25FN2O2/c1-4-13(2)19-17(22)10-12-20(14(3)21)11-9-15-7-5-6-8-16(15)18/h5-8,13H,4,9-12H2,1-3H3,(H,19,22). The first-order valence-corrected chi connectivity index (χ1v) is 7.72. The molecule has 2 amide bonds. The highest BCUT2D eigenvalue weighted by molar-refractivity contribution is 5.78. The summed E-state index contributed by atoms with van der Waals surface area (Å²) in [6.07, 6.45) is 1.58. The smallest absolute Gasteiger partial charge is 0.221 e. The van der Waals surface area contributed by atoms with Gasteiger partial charge in [-0.2, -0.15) is 0 Å². The molecular weight excluding hydrogens is 283 g/mol. The largest absolute Gasteiger partial charge is 0.354 e. The molecule has 122 valence electrons. The van der Waals surface area contributed by atoms with Crippen LogP contribution in [-0.4, -0.2) is 35.8 Å². The van der Waals surface area contributed by atoms with Gasteiger partial charge < -0.3 is 10.2 Å². The van der Waals surface area contributed by atoms with Crippen molar-refractivity contribution < 1.29 is 14.0 Å². The Bertz CT molecular complexity index is 505. The van der Waals surface area contributed by atoms with E-state index in [4.69, 9.17) is 0 Å². The van der Waals surface area contributed by atoms with Gasteiger partial charge in [0.15, 0.2) is 0 Å². The van der Waals surface area contributed by atoms with E-state index in [1.165, 1.54) is 13.0 Å². The Morgan fingerprint density at radius 3 is 2.55 bits per heavy atom. The summed E-state index contributed by atoms with van der Waals surface area (Å²) in [4.78, 5) is 25.0. The van der Waals surface area contributed by atoms with Gasteiger partial charge in [-0.3, -0.25) is 9.59 Å². The Morgan fingerprint density at radius 2 is 1.95 bits per heavy atom. The van der Waals surface area contributed by atoms with Crippen LogP contribution in [0.5, 0.6) is 0 Å². The van der Waals surface area contributed by atoms with Crippen molar-refractivity contribution in [1.29, 1.82) is 0 Å². The number of amides is 2. The number of carbonyl (C=O) groups is 2. The maximum atomic E-state index is 13.6. The fourth-order valence-corrected chi connectivity index (χ4v) is 2.07. The third kappa shape index (κ3) is 6.24. The van der Waals surface area contributed by atoms with Crippen molar-refractivity contribution >= 4 is 11.8 Å². The second kappa shape index (κ2) is 9.18. The number of nitrogens with zero attached hydrogens (tertiary/aromatic N) is 1. The number of carbonyl (C=O) groups excluding carboxylic acids is 2. The summed E-state index contributed by atoms with van der Waals surface area (Å²) in [6.45, 7) is 6.17. The molecule has 0 aliphatic carbocycles. The Hall–Kier alpha value is -1.91. The van der Waals surface area contributed by atoms with Gasteiger partial charge in [-0.1, -0.05) is 25.1 Å². The molecule has 0 saturated heterocycles. The minimum absolute atomic E-state index is 0.0634. The zero-order chi connectivity index (χ0) is 16.5. The summed E-state index contributed by atoms with van der Waals surface area (Å²) in [7, 11) is 0. The van der Waals surface area contributed by atoms with Gasteiger partial charge in [0.1, 0.15) is 5.82 Å². The van der Waals surface area contributed by atoms with Crippen LogP contribution in [0.1, 0.15) is 39.2 Å². The average molecular weight is 308 g/mol. The molecule has 1 atom stereocenters. The molecule has 1 aromatic carbocycles. The van der Waals surface area contributed by atoms with Crippen LogP contribution in [0, 0.1) is 5.82 Å². The summed E-state index contributed by atoms with van der Waals surface area (Å²) in [5, 5.41) is 2.87. The van der Waals surface area contributed by atoms with Crippen molar-refractivity contribution in [2.45, 2.75) is 46.1 Å². The molecule has 0 fully saturated rings. The molecule has 0 heterocycles. The van der Waals surface area contributed by atoms with E-state index >= 15 is 0 Å². The van der Waals surface area contributed by atoms with E-state index in [9.17, 15) is 14.0 Å². The molecule has 4 nitrogen and oxygen atoms in total. The van der Waals surface area contributed by atoms with Crippen molar-refractivity contribution in [1.82, 2.24) is 10.2 Å². The van der Waals surface area contributed by atoms with Crippen LogP contribution in [0.4, 0.5) is 4.39 Å². The summed E-state index contributed by atoms with van der Waals surface area (Å²) >= 11 is 0. The van der Waals surface area contributed by atoms with Gasteiger partial charge in [0.25, 0.3) is 0 Å². The monoisotopic (exact) mass is 308 g/mol. The van der Waals surface area contributed by atoms with Crippen molar-refractivity contribution in [3.63, 3.8) is 0 Å². The third-order valence-electron chi connectivity index (χ3n) is 3.68. The second-order valence-corrected chi connectivity index (χ2v) is 5.47. The number of rotatable bonds is 8. The van der Waals surface area contributed by atoms with Gasteiger partial charge in [0, 0.05) is 32.5 Å². The van der Waals surface area contributed by atoms with Gasteiger partial charge in [0.2, 0.25) is 11.8 Å². The Labute approximate surface area is 131 Å². The first kappa shape index (κ1) is 18.1. The summed E-state index contributed by atoms with van der Waals surface area (Å²) in [6, 6.07) is 6.67. The van der Waals surface area contributed by atoms with Crippen molar-refractivity contribution in [3.8, 4) is 0 Å². The predicted molar refractivity (Wildman–Crippen MR) is 84.9 cm³/mol. The molecule has 0 aliphatic rings. The second-order valence-electron chi connectivity index (χ2n) is 5.47. The number of nitrogens with one attached hydrogen (secondary N) is 1. The van der Waals surface area contributed by atoms with E-state index < -0.39 is 0 Å². The van der Waals surface area contributed by atoms with Gasteiger partial charge in [-0.15, -0.1) is 0 Å². The van der Waals surface area contributed by atoms with E-state index in [-0.39, 0.29) is 30.1 Å². The number of hydrogen-bond donors (Lipinski definition) is 1. The van der Waals surface area contributed by atoms with Crippen molar-refractivity contribution in [2.24, 2.45) is 0 Å². The molecule has 0 spiro atoms. The zero-order valence-corrected chi connectivity index (χ0v) is 13.6. The SMILES string of the molecule is CCC(C)NC(=O)CCN(CCc1ccccc1F)C(C)=O. The first-order valence-electron chi connectivity index (χ1n) is 7.72.